The van der Waals surface area contributed by atoms with Crippen molar-refractivity contribution in [2.24, 2.45) is 5.92 Å². The predicted octanol–water partition coefficient (Wildman–Crippen LogP) is 4.98. The van der Waals surface area contributed by atoms with Gasteiger partial charge < -0.3 is 23.3 Å². The third-order valence-corrected chi connectivity index (χ3v) is 7.94. The summed E-state index contributed by atoms with van der Waals surface area (Å²) in [6.07, 6.45) is 8.74. The van der Waals surface area contributed by atoms with Crippen LogP contribution in [0.3, 0.4) is 0 Å². The smallest absolute Gasteiger partial charge is 0.305 e. The number of ether oxygens (including phenoxy) is 3. The Morgan fingerprint density at radius 3 is 2.61 bits per heavy atom. The second kappa shape index (κ2) is 14.0. The Kier molecular flexibility index (Phi) is 9.46. The number of carbonyl (C=O) groups excluding carboxylic acids is 1. The lowest BCUT2D eigenvalue weighted by molar-refractivity contribution is -0.188. The number of hydrogen-bond acceptors (Lipinski definition) is 9. The average Bonchev–Trinajstić information content (AvgIpc) is 3.70. The number of aromatic nitrogens is 4. The summed E-state index contributed by atoms with van der Waals surface area (Å²) in [6.45, 7) is 5.82. The van der Waals surface area contributed by atoms with Crippen molar-refractivity contribution < 1.29 is 23.5 Å². The monoisotopic (exact) mass is 595 g/mol. The fourth-order valence-corrected chi connectivity index (χ4v) is 5.55. The van der Waals surface area contributed by atoms with Gasteiger partial charge in [-0.25, -0.2) is 4.98 Å². The molecule has 0 N–H and O–H groups in total. The zero-order valence-corrected chi connectivity index (χ0v) is 25.1. The van der Waals surface area contributed by atoms with Crippen molar-refractivity contribution in [3.8, 4) is 23.2 Å². The van der Waals surface area contributed by atoms with Crippen LogP contribution in [0, 0.1) is 17.8 Å². The highest BCUT2D eigenvalue weighted by Crippen LogP contribution is 2.25. The molecule has 6 rings (SSSR count). The van der Waals surface area contributed by atoms with Crippen molar-refractivity contribution in [2.75, 3.05) is 26.8 Å². The van der Waals surface area contributed by atoms with E-state index in [-0.39, 0.29) is 18.4 Å². The molecule has 10 nitrogen and oxygen atoms in total. The van der Waals surface area contributed by atoms with Crippen LogP contribution in [0.2, 0.25) is 0 Å². The van der Waals surface area contributed by atoms with Gasteiger partial charge in [-0.15, -0.1) is 0 Å². The summed E-state index contributed by atoms with van der Waals surface area (Å²) in [6, 6.07) is 13.9. The molecule has 0 radical (unpaired) electrons. The molecular weight excluding hydrogens is 558 g/mol. The number of esters is 1. The van der Waals surface area contributed by atoms with E-state index in [0.717, 1.165) is 79.4 Å². The standard InChI is InChI=1S/C34H37N5O5/c1-24(43-33-5-3-4-16-42-33)34-35-14-15-39(34)23-30-18-31(44-37-30)28-11-8-25(9-12-28)6-7-26-10-13-29(36-19-26)22-38-20-27(21-38)17-32(40)41-2/h8-15,18-19,24,27,33H,3-5,16-17,20-23H2,1-2H3. The van der Waals surface area contributed by atoms with E-state index in [9.17, 15) is 4.79 Å². The molecule has 44 heavy (non-hydrogen) atoms. The van der Waals surface area contributed by atoms with E-state index in [0.29, 0.717) is 24.6 Å². The molecule has 0 saturated carbocycles. The summed E-state index contributed by atoms with van der Waals surface area (Å²) >= 11 is 0. The van der Waals surface area contributed by atoms with Crippen molar-refractivity contribution in [3.05, 3.63) is 89.4 Å². The van der Waals surface area contributed by atoms with Crippen LogP contribution in [0.5, 0.6) is 0 Å². The molecule has 5 heterocycles. The normalized spacial score (nSPS) is 17.8. The number of likely N-dealkylation sites (tertiary alicyclic amines) is 1. The van der Waals surface area contributed by atoms with Gasteiger partial charge in [0.25, 0.3) is 0 Å². The van der Waals surface area contributed by atoms with E-state index in [1.807, 2.05) is 60.2 Å². The van der Waals surface area contributed by atoms with Gasteiger partial charge in [0.2, 0.25) is 0 Å². The summed E-state index contributed by atoms with van der Waals surface area (Å²) < 4.78 is 24.3. The summed E-state index contributed by atoms with van der Waals surface area (Å²) in [7, 11) is 1.43. The summed E-state index contributed by atoms with van der Waals surface area (Å²) in [4.78, 5) is 22.8. The molecule has 2 saturated heterocycles. The van der Waals surface area contributed by atoms with Gasteiger partial charge in [0.05, 0.1) is 25.8 Å². The number of methoxy groups -OCH3 is 1. The minimum absolute atomic E-state index is 0.143. The second-order valence-electron chi connectivity index (χ2n) is 11.4. The van der Waals surface area contributed by atoms with Gasteiger partial charge in [0.1, 0.15) is 17.6 Å². The molecular formula is C34H37N5O5. The number of hydrogen-bond donors (Lipinski definition) is 0. The molecule has 4 aromatic rings. The fourth-order valence-electron chi connectivity index (χ4n) is 5.55. The van der Waals surface area contributed by atoms with Gasteiger partial charge in [-0.1, -0.05) is 17.0 Å². The average molecular weight is 596 g/mol. The third-order valence-electron chi connectivity index (χ3n) is 7.94. The van der Waals surface area contributed by atoms with Crippen LogP contribution in [0.25, 0.3) is 11.3 Å². The second-order valence-corrected chi connectivity index (χ2v) is 11.4. The maximum Gasteiger partial charge on any atom is 0.305 e. The van der Waals surface area contributed by atoms with Crippen LogP contribution < -0.4 is 0 Å². The summed E-state index contributed by atoms with van der Waals surface area (Å²) in [5.41, 5.74) is 4.47. The molecule has 0 amide bonds. The van der Waals surface area contributed by atoms with Gasteiger partial charge in [0.15, 0.2) is 12.1 Å². The Bertz CT molecular complexity index is 1590. The summed E-state index contributed by atoms with van der Waals surface area (Å²) in [5.74, 6) is 8.16. The van der Waals surface area contributed by atoms with Crippen LogP contribution in [-0.4, -0.2) is 63.7 Å². The van der Waals surface area contributed by atoms with E-state index in [4.69, 9.17) is 18.7 Å². The first kappa shape index (κ1) is 29.8. The van der Waals surface area contributed by atoms with Crippen LogP contribution in [0.1, 0.15) is 67.1 Å². The first-order valence-electron chi connectivity index (χ1n) is 15.1. The van der Waals surface area contributed by atoms with Gasteiger partial charge >= 0.3 is 5.97 Å². The van der Waals surface area contributed by atoms with Gasteiger partial charge in [-0.2, -0.15) is 0 Å². The van der Waals surface area contributed by atoms with Crippen LogP contribution in [0.15, 0.2) is 65.6 Å². The van der Waals surface area contributed by atoms with Crippen LogP contribution >= 0.6 is 0 Å². The predicted molar refractivity (Wildman–Crippen MR) is 162 cm³/mol. The van der Waals surface area contributed by atoms with Crippen LogP contribution in [0.4, 0.5) is 0 Å². The maximum atomic E-state index is 11.4. The number of carbonyl (C=O) groups is 1. The molecule has 228 valence electrons. The molecule has 2 atom stereocenters. The highest BCUT2D eigenvalue weighted by Gasteiger charge is 2.29. The Hall–Kier alpha value is -4.30. The third kappa shape index (κ3) is 7.61. The van der Waals surface area contributed by atoms with Gasteiger partial charge in [-0.05, 0) is 68.5 Å². The molecule has 2 aliphatic heterocycles. The van der Waals surface area contributed by atoms with E-state index in [1.165, 1.54) is 7.11 Å². The van der Waals surface area contributed by atoms with Crippen molar-refractivity contribution in [1.29, 1.82) is 0 Å². The highest BCUT2D eigenvalue weighted by atomic mass is 16.7. The minimum Gasteiger partial charge on any atom is -0.469 e. The number of nitrogens with zero attached hydrogens (tertiary/aromatic N) is 5. The first-order chi connectivity index (χ1) is 21.5. The van der Waals surface area contributed by atoms with Gasteiger partial charge in [0, 0.05) is 67.6 Å². The number of benzene rings is 1. The lowest BCUT2D eigenvalue weighted by Crippen LogP contribution is -2.46. The maximum absolute atomic E-state index is 11.4. The quantitative estimate of drug-likeness (QED) is 0.185. The van der Waals surface area contributed by atoms with E-state index < -0.39 is 0 Å². The van der Waals surface area contributed by atoms with Gasteiger partial charge in [-0.3, -0.25) is 14.7 Å². The Morgan fingerprint density at radius 1 is 1.05 bits per heavy atom. The lowest BCUT2D eigenvalue weighted by atomic mass is 9.96. The topological polar surface area (TPSA) is 105 Å². The molecule has 1 aromatic carbocycles. The number of pyridine rings is 1. The Labute approximate surface area is 257 Å². The highest BCUT2D eigenvalue weighted by molar-refractivity contribution is 5.69. The van der Waals surface area contributed by atoms with E-state index in [2.05, 4.69) is 31.9 Å². The van der Waals surface area contributed by atoms with Crippen LogP contribution in [-0.2, 0) is 32.1 Å². The van der Waals surface area contributed by atoms with Crippen molar-refractivity contribution >= 4 is 5.97 Å². The van der Waals surface area contributed by atoms with Crippen molar-refractivity contribution in [1.82, 2.24) is 24.6 Å². The molecule has 0 bridgehead atoms. The van der Waals surface area contributed by atoms with Crippen molar-refractivity contribution in [3.63, 3.8) is 0 Å². The SMILES string of the molecule is COC(=O)CC1CN(Cc2ccc(C#Cc3ccc(-c4cc(Cn5ccnc5C(C)OC5CCCCO5)no4)cc3)cn2)C1. The molecule has 0 spiro atoms. The number of imidazole rings is 1. The molecule has 0 aliphatic carbocycles. The minimum atomic E-state index is -0.194. The largest absolute Gasteiger partial charge is 0.469 e. The fraction of sp³-hybridized carbons (Fsp3) is 0.412. The molecule has 3 aromatic heterocycles. The molecule has 2 aliphatic rings. The lowest BCUT2D eigenvalue weighted by Gasteiger charge is -2.38. The molecule has 10 heteroatoms. The van der Waals surface area contributed by atoms with E-state index in [1.54, 1.807) is 12.4 Å². The van der Waals surface area contributed by atoms with Crippen molar-refractivity contribution in [2.45, 2.75) is 58.1 Å². The number of rotatable bonds is 10. The summed E-state index contributed by atoms with van der Waals surface area (Å²) in [5, 5.41) is 4.29. The zero-order chi connectivity index (χ0) is 30.3. The first-order valence-corrected chi connectivity index (χ1v) is 15.1. The zero-order valence-electron chi connectivity index (χ0n) is 25.1. The van der Waals surface area contributed by atoms with E-state index >= 15 is 0 Å². The Balaban J connectivity index is 1.00. The molecule has 2 unspecified atom stereocenters. The Morgan fingerprint density at radius 2 is 1.86 bits per heavy atom. The molecule has 2 fully saturated rings.